The summed E-state index contributed by atoms with van der Waals surface area (Å²) >= 11 is 0. The maximum absolute atomic E-state index is 13.3. The molecule has 0 aliphatic carbocycles. The lowest BCUT2D eigenvalue weighted by molar-refractivity contribution is -0.114. The van der Waals surface area contributed by atoms with E-state index in [1.807, 2.05) is 25.7 Å². The first-order valence-corrected chi connectivity index (χ1v) is 10.3. The second kappa shape index (κ2) is 8.29. The molecule has 0 unspecified atom stereocenters. The number of hydrogen-bond acceptors (Lipinski definition) is 6. The molecular formula is C23H25N5O3. The lowest BCUT2D eigenvalue weighted by Crippen LogP contribution is -2.31. The molecule has 8 heteroatoms. The summed E-state index contributed by atoms with van der Waals surface area (Å²) in [4.78, 5) is 35.5. The van der Waals surface area contributed by atoms with Crippen LogP contribution < -0.4 is 5.32 Å². The number of amides is 2. The third-order valence-corrected chi connectivity index (χ3v) is 5.62. The van der Waals surface area contributed by atoms with Crippen LogP contribution in [0.25, 0.3) is 11.3 Å². The summed E-state index contributed by atoms with van der Waals surface area (Å²) in [6, 6.07) is 6.77. The van der Waals surface area contributed by atoms with E-state index in [9.17, 15) is 9.59 Å². The van der Waals surface area contributed by atoms with Gasteiger partial charge in [-0.1, -0.05) is 5.16 Å². The number of benzene rings is 1. The molecule has 3 heterocycles. The fraction of sp³-hybridized carbons (Fsp3) is 0.348. The number of nitrogens with one attached hydrogen (secondary N) is 1. The summed E-state index contributed by atoms with van der Waals surface area (Å²) < 4.78 is 5.58. The minimum Gasteiger partial charge on any atom is -0.356 e. The van der Waals surface area contributed by atoms with Crippen LogP contribution in [-0.4, -0.2) is 38.4 Å². The summed E-state index contributed by atoms with van der Waals surface area (Å²) in [5.41, 5.74) is 4.55. The Kier molecular flexibility index (Phi) is 5.54. The molecule has 2 amide bonds. The molecule has 2 aromatic heterocycles. The Morgan fingerprint density at radius 1 is 1.16 bits per heavy atom. The van der Waals surface area contributed by atoms with Crippen LogP contribution in [-0.2, 0) is 4.79 Å². The number of anilines is 1. The lowest BCUT2D eigenvalue weighted by atomic mass is 10.0. The van der Waals surface area contributed by atoms with Crippen LogP contribution in [0.4, 0.5) is 5.69 Å². The second-order valence-corrected chi connectivity index (χ2v) is 7.85. The smallest absolute Gasteiger partial charge is 0.254 e. The highest BCUT2D eigenvalue weighted by Gasteiger charge is 2.34. The fourth-order valence-electron chi connectivity index (χ4n) is 3.94. The van der Waals surface area contributed by atoms with Gasteiger partial charge in [0.25, 0.3) is 5.91 Å². The van der Waals surface area contributed by atoms with Crippen LogP contribution in [0.15, 0.2) is 35.0 Å². The van der Waals surface area contributed by atoms with E-state index in [1.165, 1.54) is 6.92 Å². The van der Waals surface area contributed by atoms with Gasteiger partial charge < -0.3 is 14.7 Å². The molecule has 0 spiro atoms. The summed E-state index contributed by atoms with van der Waals surface area (Å²) in [6.45, 7) is 7.79. The second-order valence-electron chi connectivity index (χ2n) is 7.85. The van der Waals surface area contributed by atoms with Gasteiger partial charge in [0.2, 0.25) is 5.91 Å². The number of rotatable bonds is 4. The molecule has 0 radical (unpaired) electrons. The molecule has 3 aromatic rings. The van der Waals surface area contributed by atoms with Crippen molar-refractivity contribution in [2.75, 3.05) is 11.9 Å². The van der Waals surface area contributed by atoms with Gasteiger partial charge in [0.05, 0.1) is 23.0 Å². The third kappa shape index (κ3) is 4.05. The number of aryl methyl sites for hydroxylation is 2. The van der Waals surface area contributed by atoms with Crippen molar-refractivity contribution in [2.45, 2.75) is 46.6 Å². The first kappa shape index (κ1) is 20.7. The number of nitrogens with zero attached hydrogens (tertiary/aromatic N) is 4. The van der Waals surface area contributed by atoms with Crippen LogP contribution in [0.3, 0.4) is 0 Å². The van der Waals surface area contributed by atoms with Crippen LogP contribution >= 0.6 is 0 Å². The number of likely N-dealkylation sites (tertiary alicyclic amines) is 1. The highest BCUT2D eigenvalue weighted by atomic mass is 16.5. The molecule has 1 atom stereocenters. The molecule has 160 valence electrons. The Balaban J connectivity index is 1.67. The first-order valence-electron chi connectivity index (χ1n) is 10.3. The Morgan fingerprint density at radius 3 is 2.55 bits per heavy atom. The SMILES string of the molecule is CC(=O)Nc1ccc(C(=O)N2CCC[C@@H]2c2nc(C)ncc2-c2onc(C)c2C)cc1. The molecule has 8 nitrogen and oxygen atoms in total. The standard InChI is InChI=1S/C23H25N5O3/c1-13-14(2)27-31-22(13)19-12-24-15(3)25-21(19)20-6-5-11-28(20)23(30)17-7-9-18(10-8-17)26-16(4)29/h7-10,12,20H,5-6,11H2,1-4H3,(H,26,29)/t20-/m1/s1. The minimum atomic E-state index is -0.177. The predicted molar refractivity (Wildman–Crippen MR) is 115 cm³/mol. The van der Waals surface area contributed by atoms with E-state index in [-0.39, 0.29) is 17.9 Å². The molecule has 1 N–H and O–H groups in total. The Hall–Kier alpha value is -3.55. The molecule has 1 aliphatic heterocycles. The zero-order valence-electron chi connectivity index (χ0n) is 18.1. The third-order valence-electron chi connectivity index (χ3n) is 5.62. The predicted octanol–water partition coefficient (Wildman–Crippen LogP) is 3.99. The van der Waals surface area contributed by atoms with Crippen molar-refractivity contribution in [1.29, 1.82) is 0 Å². The molecule has 31 heavy (non-hydrogen) atoms. The zero-order valence-corrected chi connectivity index (χ0v) is 18.1. The van der Waals surface area contributed by atoms with Crippen LogP contribution in [0.1, 0.15) is 58.9 Å². The van der Waals surface area contributed by atoms with Crippen molar-refractivity contribution in [3.05, 3.63) is 58.8 Å². The monoisotopic (exact) mass is 419 g/mol. The first-order chi connectivity index (χ1) is 14.8. The van der Waals surface area contributed by atoms with Crippen LogP contribution in [0, 0.1) is 20.8 Å². The Bertz CT molecular complexity index is 1140. The van der Waals surface area contributed by atoms with Crippen molar-refractivity contribution < 1.29 is 14.1 Å². The molecule has 0 saturated carbocycles. The average molecular weight is 419 g/mol. The number of hydrogen-bond donors (Lipinski definition) is 1. The normalized spacial score (nSPS) is 15.9. The van der Waals surface area contributed by atoms with E-state index in [4.69, 9.17) is 9.51 Å². The van der Waals surface area contributed by atoms with Gasteiger partial charge in [-0.2, -0.15) is 0 Å². The van der Waals surface area contributed by atoms with Crippen LogP contribution in [0.5, 0.6) is 0 Å². The van der Waals surface area contributed by atoms with Crippen LogP contribution in [0.2, 0.25) is 0 Å². The summed E-state index contributed by atoms with van der Waals surface area (Å²) in [6.07, 6.45) is 3.45. The fourth-order valence-corrected chi connectivity index (χ4v) is 3.94. The highest BCUT2D eigenvalue weighted by Crippen LogP contribution is 2.38. The molecule has 1 saturated heterocycles. The number of aromatic nitrogens is 3. The molecule has 1 fully saturated rings. The van der Waals surface area contributed by atoms with Crippen molar-refractivity contribution >= 4 is 17.5 Å². The van der Waals surface area contributed by atoms with Crippen molar-refractivity contribution in [1.82, 2.24) is 20.0 Å². The molecule has 0 bridgehead atoms. The summed E-state index contributed by atoms with van der Waals surface area (Å²) in [5.74, 6) is 1.07. The molecular weight excluding hydrogens is 394 g/mol. The van der Waals surface area contributed by atoms with E-state index in [1.54, 1.807) is 30.5 Å². The largest absolute Gasteiger partial charge is 0.356 e. The Labute approximate surface area is 180 Å². The van der Waals surface area contributed by atoms with E-state index in [0.717, 1.165) is 35.4 Å². The minimum absolute atomic E-state index is 0.0652. The van der Waals surface area contributed by atoms with E-state index >= 15 is 0 Å². The van der Waals surface area contributed by atoms with Gasteiger partial charge >= 0.3 is 0 Å². The maximum atomic E-state index is 13.3. The highest BCUT2D eigenvalue weighted by molar-refractivity contribution is 5.96. The number of carbonyl (C=O) groups excluding carboxylic acids is 2. The van der Waals surface area contributed by atoms with Gasteiger partial charge in [0.15, 0.2) is 5.76 Å². The average Bonchev–Trinajstić information content (AvgIpc) is 3.35. The van der Waals surface area contributed by atoms with Gasteiger partial charge in [0, 0.05) is 36.5 Å². The summed E-state index contributed by atoms with van der Waals surface area (Å²) in [7, 11) is 0. The van der Waals surface area contributed by atoms with Crippen molar-refractivity contribution in [2.24, 2.45) is 0 Å². The quantitative estimate of drug-likeness (QED) is 0.686. The van der Waals surface area contributed by atoms with E-state index in [0.29, 0.717) is 29.4 Å². The maximum Gasteiger partial charge on any atom is 0.254 e. The lowest BCUT2D eigenvalue weighted by Gasteiger charge is -2.26. The van der Waals surface area contributed by atoms with E-state index in [2.05, 4.69) is 15.5 Å². The van der Waals surface area contributed by atoms with Crippen molar-refractivity contribution in [3.63, 3.8) is 0 Å². The number of carbonyl (C=O) groups is 2. The summed E-state index contributed by atoms with van der Waals surface area (Å²) in [5, 5.41) is 6.79. The Morgan fingerprint density at radius 2 is 1.90 bits per heavy atom. The van der Waals surface area contributed by atoms with Gasteiger partial charge in [-0.15, -0.1) is 0 Å². The van der Waals surface area contributed by atoms with Gasteiger partial charge in [-0.05, 0) is 57.9 Å². The van der Waals surface area contributed by atoms with E-state index < -0.39 is 0 Å². The van der Waals surface area contributed by atoms with Gasteiger partial charge in [-0.25, -0.2) is 9.97 Å². The zero-order chi connectivity index (χ0) is 22.1. The molecule has 1 aromatic carbocycles. The topological polar surface area (TPSA) is 101 Å². The van der Waals surface area contributed by atoms with Gasteiger partial charge in [-0.3, -0.25) is 9.59 Å². The molecule has 1 aliphatic rings. The van der Waals surface area contributed by atoms with Gasteiger partial charge in [0.1, 0.15) is 5.82 Å². The van der Waals surface area contributed by atoms with Crippen molar-refractivity contribution in [3.8, 4) is 11.3 Å². The molecule has 4 rings (SSSR count).